The van der Waals surface area contributed by atoms with Gasteiger partial charge in [-0.1, -0.05) is 12.1 Å². The van der Waals surface area contributed by atoms with Gasteiger partial charge in [-0.05, 0) is 54.6 Å². The van der Waals surface area contributed by atoms with Gasteiger partial charge in [-0.2, -0.15) is 0 Å². The topological polar surface area (TPSA) is 64.2 Å². The van der Waals surface area contributed by atoms with E-state index >= 15 is 0 Å². The molecule has 0 fully saturated rings. The number of hydrogen-bond donors (Lipinski definition) is 1. The number of aromatic hydroxyl groups is 1. The van der Waals surface area contributed by atoms with Gasteiger partial charge in [0.1, 0.15) is 17.1 Å². The summed E-state index contributed by atoms with van der Waals surface area (Å²) in [4.78, 5) is 4.75. The van der Waals surface area contributed by atoms with E-state index in [0.29, 0.717) is 17.3 Å². The maximum Gasteiger partial charge on any atom is 0.161 e. The molecule has 0 aliphatic rings. The fraction of sp³-hybridized carbons (Fsp3) is 0.0870. The number of benzene rings is 3. The van der Waals surface area contributed by atoms with Crippen molar-refractivity contribution in [2.45, 2.75) is 0 Å². The summed E-state index contributed by atoms with van der Waals surface area (Å²) in [6.45, 7) is 0. The molecule has 28 heavy (non-hydrogen) atoms. The molecule has 1 aromatic heterocycles. The number of phenolic OH excluding ortho intramolecular Hbond substituents is 1. The summed E-state index contributed by atoms with van der Waals surface area (Å²) in [6, 6.07) is 22.0. The van der Waals surface area contributed by atoms with E-state index in [2.05, 4.69) is 0 Å². The van der Waals surface area contributed by atoms with Crippen molar-refractivity contribution < 1.29 is 19.0 Å². The monoisotopic (exact) mass is 373 g/mol. The van der Waals surface area contributed by atoms with Gasteiger partial charge in [-0.3, -0.25) is 0 Å². The van der Waals surface area contributed by atoms with Gasteiger partial charge in [-0.25, -0.2) is 4.99 Å². The molecule has 0 amide bonds. The van der Waals surface area contributed by atoms with Gasteiger partial charge in [-0.15, -0.1) is 0 Å². The molecule has 3 aromatic carbocycles. The number of hydrogen-bond acceptors (Lipinski definition) is 5. The first kappa shape index (κ1) is 17.7. The van der Waals surface area contributed by atoms with E-state index in [4.69, 9.17) is 18.9 Å². The van der Waals surface area contributed by atoms with E-state index in [1.807, 2.05) is 48.5 Å². The second-order valence-electron chi connectivity index (χ2n) is 6.19. The van der Waals surface area contributed by atoms with Crippen molar-refractivity contribution in [2.24, 2.45) is 4.99 Å². The molecule has 0 radical (unpaired) electrons. The Bertz CT molecular complexity index is 1190. The van der Waals surface area contributed by atoms with Crippen LogP contribution in [0.25, 0.3) is 22.3 Å². The minimum atomic E-state index is 0.206. The van der Waals surface area contributed by atoms with Crippen LogP contribution in [-0.4, -0.2) is 19.3 Å². The number of para-hydroxylation sites is 1. The Morgan fingerprint density at radius 1 is 0.821 bits per heavy atom. The zero-order valence-corrected chi connectivity index (χ0v) is 15.5. The largest absolute Gasteiger partial charge is 0.508 e. The smallest absolute Gasteiger partial charge is 0.161 e. The first-order valence-electron chi connectivity index (χ1n) is 8.77. The van der Waals surface area contributed by atoms with E-state index in [1.54, 1.807) is 38.5 Å². The molecule has 0 atom stereocenters. The molecule has 0 saturated carbocycles. The van der Waals surface area contributed by atoms with Crippen LogP contribution in [0.2, 0.25) is 0 Å². The SMILES string of the molecule is COc1ccc(-c2cc(=Nc3ccc(O)cc3)c3ccccc3o2)cc1OC. The predicted octanol–water partition coefficient (Wildman–Crippen LogP) is 5.06. The predicted molar refractivity (Wildman–Crippen MR) is 108 cm³/mol. The summed E-state index contributed by atoms with van der Waals surface area (Å²) in [5.74, 6) is 2.15. The maximum absolute atomic E-state index is 9.50. The Balaban J connectivity index is 1.93. The molecule has 0 saturated heterocycles. The van der Waals surface area contributed by atoms with Crippen molar-refractivity contribution in [1.82, 2.24) is 0 Å². The van der Waals surface area contributed by atoms with E-state index in [0.717, 1.165) is 27.6 Å². The Morgan fingerprint density at radius 3 is 2.32 bits per heavy atom. The van der Waals surface area contributed by atoms with Crippen molar-refractivity contribution in [3.05, 3.63) is 78.2 Å². The van der Waals surface area contributed by atoms with Gasteiger partial charge in [0.2, 0.25) is 0 Å². The van der Waals surface area contributed by atoms with Crippen molar-refractivity contribution in [2.75, 3.05) is 14.2 Å². The van der Waals surface area contributed by atoms with Crippen LogP contribution < -0.4 is 14.8 Å². The average molecular weight is 373 g/mol. The molecule has 140 valence electrons. The summed E-state index contributed by atoms with van der Waals surface area (Å²) in [5.41, 5.74) is 2.32. The summed E-state index contributed by atoms with van der Waals surface area (Å²) < 4.78 is 16.8. The molecule has 0 unspecified atom stereocenters. The minimum Gasteiger partial charge on any atom is -0.508 e. The van der Waals surface area contributed by atoms with Gasteiger partial charge in [0, 0.05) is 17.0 Å². The number of phenols is 1. The van der Waals surface area contributed by atoms with E-state index in [1.165, 1.54) is 0 Å². The van der Waals surface area contributed by atoms with E-state index in [-0.39, 0.29) is 5.75 Å². The molecule has 5 nitrogen and oxygen atoms in total. The third kappa shape index (κ3) is 3.42. The first-order valence-corrected chi connectivity index (χ1v) is 8.77. The van der Waals surface area contributed by atoms with Crippen LogP contribution in [0, 0.1) is 0 Å². The quantitative estimate of drug-likeness (QED) is 0.543. The lowest BCUT2D eigenvalue weighted by atomic mass is 10.1. The Hall–Kier alpha value is -3.73. The summed E-state index contributed by atoms with van der Waals surface area (Å²) in [6.07, 6.45) is 0. The lowest BCUT2D eigenvalue weighted by Crippen LogP contribution is -2.03. The van der Waals surface area contributed by atoms with Crippen LogP contribution in [0.4, 0.5) is 5.69 Å². The van der Waals surface area contributed by atoms with Crippen molar-refractivity contribution in [3.8, 4) is 28.6 Å². The Kier molecular flexibility index (Phi) is 4.72. The van der Waals surface area contributed by atoms with E-state index in [9.17, 15) is 5.11 Å². The van der Waals surface area contributed by atoms with Crippen LogP contribution in [0.3, 0.4) is 0 Å². The second kappa shape index (κ2) is 7.48. The number of fused-ring (bicyclic) bond motifs is 1. The molecule has 5 heteroatoms. The third-order valence-corrected chi connectivity index (χ3v) is 4.42. The fourth-order valence-corrected chi connectivity index (χ4v) is 3.01. The highest BCUT2D eigenvalue weighted by molar-refractivity contribution is 5.79. The molecule has 1 heterocycles. The highest BCUT2D eigenvalue weighted by Gasteiger charge is 2.10. The molecule has 4 rings (SSSR count). The summed E-state index contributed by atoms with van der Waals surface area (Å²) >= 11 is 0. The first-order chi connectivity index (χ1) is 13.7. The van der Waals surface area contributed by atoms with Gasteiger partial charge >= 0.3 is 0 Å². The third-order valence-electron chi connectivity index (χ3n) is 4.42. The van der Waals surface area contributed by atoms with Crippen LogP contribution in [0.15, 0.2) is 82.2 Å². The number of nitrogens with zero attached hydrogens (tertiary/aromatic N) is 1. The lowest BCUT2D eigenvalue weighted by Gasteiger charge is -2.10. The van der Waals surface area contributed by atoms with Crippen LogP contribution in [0.1, 0.15) is 0 Å². The minimum absolute atomic E-state index is 0.206. The molecule has 0 spiro atoms. The van der Waals surface area contributed by atoms with Crippen LogP contribution in [-0.2, 0) is 0 Å². The standard InChI is InChI=1S/C23H19NO4/c1-26-21-12-7-15(13-23(21)27-2)22-14-19(18-5-3-4-6-20(18)28-22)24-16-8-10-17(25)11-9-16/h3-14,25H,1-2H3. The molecule has 4 aromatic rings. The summed E-state index contributed by atoms with van der Waals surface area (Å²) in [7, 11) is 3.21. The van der Waals surface area contributed by atoms with Gasteiger partial charge in [0.15, 0.2) is 11.5 Å². The zero-order valence-electron chi connectivity index (χ0n) is 15.5. The highest BCUT2D eigenvalue weighted by Crippen LogP contribution is 2.32. The average Bonchev–Trinajstić information content (AvgIpc) is 2.74. The van der Waals surface area contributed by atoms with Gasteiger partial charge in [0.25, 0.3) is 0 Å². The number of methoxy groups -OCH3 is 2. The fourth-order valence-electron chi connectivity index (χ4n) is 3.01. The Labute approximate surface area is 162 Å². The highest BCUT2D eigenvalue weighted by atomic mass is 16.5. The molecule has 0 aliphatic carbocycles. The molecular formula is C23H19NO4. The number of rotatable bonds is 4. The lowest BCUT2D eigenvalue weighted by molar-refractivity contribution is 0.355. The zero-order chi connectivity index (χ0) is 19.5. The van der Waals surface area contributed by atoms with Crippen molar-refractivity contribution in [3.63, 3.8) is 0 Å². The second-order valence-corrected chi connectivity index (χ2v) is 6.19. The Morgan fingerprint density at radius 2 is 1.57 bits per heavy atom. The van der Waals surface area contributed by atoms with Crippen molar-refractivity contribution in [1.29, 1.82) is 0 Å². The van der Waals surface area contributed by atoms with Gasteiger partial charge in [0.05, 0.1) is 25.3 Å². The van der Waals surface area contributed by atoms with Crippen LogP contribution >= 0.6 is 0 Å². The molecule has 1 N–H and O–H groups in total. The normalized spacial score (nSPS) is 11.6. The molecular weight excluding hydrogens is 354 g/mol. The molecule has 0 aliphatic heterocycles. The maximum atomic E-state index is 9.50. The van der Waals surface area contributed by atoms with Gasteiger partial charge < -0.3 is 19.0 Å². The van der Waals surface area contributed by atoms with Crippen LogP contribution in [0.5, 0.6) is 17.2 Å². The summed E-state index contributed by atoms with van der Waals surface area (Å²) in [5, 5.41) is 11.2. The van der Waals surface area contributed by atoms with E-state index < -0.39 is 0 Å². The van der Waals surface area contributed by atoms with Crippen molar-refractivity contribution >= 4 is 16.7 Å². The molecule has 0 bridgehead atoms. The number of ether oxygens (including phenoxy) is 2.